The fourth-order valence-corrected chi connectivity index (χ4v) is 7.08. The minimum absolute atomic E-state index is 0.00243. The summed E-state index contributed by atoms with van der Waals surface area (Å²) >= 11 is 0. The Kier molecular flexibility index (Phi) is 4.67. The predicted molar refractivity (Wildman–Crippen MR) is 105 cm³/mol. The lowest BCUT2D eigenvalue weighted by atomic mass is 9.46. The van der Waals surface area contributed by atoms with Crippen LogP contribution in [-0.2, 0) is 19.1 Å². The number of rotatable bonds is 3. The molecule has 4 rings (SSSR count). The van der Waals surface area contributed by atoms with Crippen LogP contribution in [0.3, 0.4) is 0 Å². The van der Waals surface area contributed by atoms with Crippen molar-refractivity contribution in [3.05, 3.63) is 23.8 Å². The molecule has 6 heteroatoms. The van der Waals surface area contributed by atoms with E-state index in [1.165, 1.54) is 6.92 Å². The molecular formula is C23H30O6. The number of hydrogen-bond donors (Lipinski definition) is 2. The van der Waals surface area contributed by atoms with Gasteiger partial charge in [-0.1, -0.05) is 25.5 Å². The fourth-order valence-electron chi connectivity index (χ4n) is 7.08. The molecule has 0 unspecified atom stereocenters. The third-order valence-corrected chi connectivity index (χ3v) is 8.52. The highest BCUT2D eigenvalue weighted by Crippen LogP contribution is 2.67. The molecule has 0 amide bonds. The van der Waals surface area contributed by atoms with Gasteiger partial charge in [0.05, 0.1) is 6.10 Å². The second kappa shape index (κ2) is 6.61. The maximum absolute atomic E-state index is 12.9. The molecule has 3 saturated carbocycles. The van der Waals surface area contributed by atoms with Crippen LogP contribution in [0.5, 0.6) is 0 Å². The van der Waals surface area contributed by atoms with Gasteiger partial charge >= 0.3 is 5.97 Å². The van der Waals surface area contributed by atoms with E-state index in [-0.39, 0.29) is 29.0 Å². The van der Waals surface area contributed by atoms with Crippen LogP contribution in [0.15, 0.2) is 23.8 Å². The number of fused-ring (bicyclic) bond motifs is 5. The Hall–Kier alpha value is -1.79. The molecule has 0 bridgehead atoms. The maximum Gasteiger partial charge on any atom is 0.303 e. The number of ether oxygens (including phenoxy) is 1. The molecule has 29 heavy (non-hydrogen) atoms. The normalized spacial score (nSPS) is 45.7. The summed E-state index contributed by atoms with van der Waals surface area (Å²) in [6.07, 6.45) is 7.50. The first kappa shape index (κ1) is 20.5. The van der Waals surface area contributed by atoms with Gasteiger partial charge in [-0.15, -0.1) is 0 Å². The molecule has 6 nitrogen and oxygen atoms in total. The Bertz CT molecular complexity index is 827. The zero-order valence-electron chi connectivity index (χ0n) is 17.3. The van der Waals surface area contributed by atoms with Crippen molar-refractivity contribution in [2.24, 2.45) is 28.6 Å². The molecule has 4 aliphatic rings. The van der Waals surface area contributed by atoms with Gasteiger partial charge in [-0.2, -0.15) is 0 Å². The topological polar surface area (TPSA) is 101 Å². The molecule has 3 fully saturated rings. The standard InChI is InChI=1S/C23H30O6/c1-13(24)29-12-19(27)23(28)9-7-17-16-5-4-14-10-15(25)6-8-21(14,2)20(16)18(26)11-22(17,23)3/h6,8,10,16-18,20,26,28H,4-5,7,9,11-12H2,1-3H3/t16-,17-,18+,20-,21-,22+,23+/m1/s1. The van der Waals surface area contributed by atoms with E-state index >= 15 is 0 Å². The van der Waals surface area contributed by atoms with E-state index in [0.29, 0.717) is 19.3 Å². The molecule has 0 heterocycles. The summed E-state index contributed by atoms with van der Waals surface area (Å²) in [5, 5.41) is 22.7. The lowest BCUT2D eigenvalue weighted by Gasteiger charge is -2.59. The summed E-state index contributed by atoms with van der Waals surface area (Å²) in [4.78, 5) is 35.9. The minimum atomic E-state index is -1.60. The van der Waals surface area contributed by atoms with E-state index in [1.807, 2.05) is 13.0 Å². The van der Waals surface area contributed by atoms with Gasteiger partial charge in [0.1, 0.15) is 5.60 Å². The number of esters is 1. The number of ketones is 2. The van der Waals surface area contributed by atoms with Crippen molar-refractivity contribution in [3.63, 3.8) is 0 Å². The van der Waals surface area contributed by atoms with Gasteiger partial charge in [0.15, 0.2) is 12.4 Å². The fraction of sp³-hybridized carbons (Fsp3) is 0.696. The van der Waals surface area contributed by atoms with Crippen LogP contribution >= 0.6 is 0 Å². The van der Waals surface area contributed by atoms with Gasteiger partial charge < -0.3 is 14.9 Å². The zero-order chi connectivity index (χ0) is 21.2. The van der Waals surface area contributed by atoms with Gasteiger partial charge in [-0.05, 0) is 56.1 Å². The molecule has 0 saturated heterocycles. The second-order valence-electron chi connectivity index (χ2n) is 9.81. The van der Waals surface area contributed by atoms with Crippen LogP contribution in [0.25, 0.3) is 0 Å². The third-order valence-electron chi connectivity index (χ3n) is 8.52. The van der Waals surface area contributed by atoms with Gasteiger partial charge in [-0.3, -0.25) is 14.4 Å². The Labute approximate surface area is 171 Å². The summed E-state index contributed by atoms with van der Waals surface area (Å²) in [5.41, 5.74) is -1.67. The first-order valence-electron chi connectivity index (χ1n) is 10.5. The monoisotopic (exact) mass is 402 g/mol. The first-order chi connectivity index (χ1) is 13.5. The summed E-state index contributed by atoms with van der Waals surface area (Å²) in [6, 6.07) is 0. The van der Waals surface area contributed by atoms with E-state index < -0.39 is 35.5 Å². The van der Waals surface area contributed by atoms with Crippen molar-refractivity contribution in [1.29, 1.82) is 0 Å². The van der Waals surface area contributed by atoms with Gasteiger partial charge in [0.25, 0.3) is 0 Å². The van der Waals surface area contributed by atoms with Crippen LogP contribution in [0.2, 0.25) is 0 Å². The summed E-state index contributed by atoms with van der Waals surface area (Å²) in [7, 11) is 0. The third kappa shape index (κ3) is 2.79. The van der Waals surface area contributed by atoms with Crippen molar-refractivity contribution in [2.75, 3.05) is 6.61 Å². The highest BCUT2D eigenvalue weighted by atomic mass is 16.5. The molecule has 2 N–H and O–H groups in total. The predicted octanol–water partition coefficient (Wildman–Crippen LogP) is 2.13. The number of hydrogen-bond acceptors (Lipinski definition) is 6. The summed E-state index contributed by atoms with van der Waals surface area (Å²) in [5.74, 6) is -0.836. The van der Waals surface area contributed by atoms with Crippen LogP contribution in [0.1, 0.15) is 52.9 Å². The quantitative estimate of drug-likeness (QED) is 0.702. The summed E-state index contributed by atoms with van der Waals surface area (Å²) < 4.78 is 4.88. The number of carbonyl (C=O) groups excluding carboxylic acids is 3. The molecule has 0 spiro atoms. The van der Waals surface area contributed by atoms with Crippen LogP contribution in [-0.4, -0.2) is 46.1 Å². The Balaban J connectivity index is 1.66. The Morgan fingerprint density at radius 1 is 1.28 bits per heavy atom. The van der Waals surface area contributed by atoms with E-state index in [4.69, 9.17) is 4.74 Å². The number of Topliss-reactive ketones (excluding diaryl/α,β-unsaturated/α-hetero) is 1. The molecule has 0 aromatic carbocycles. The SMILES string of the molecule is CC(=O)OCC(=O)[C@@]1(O)CC[C@@H]2[C@H]3CCC4=CC(=O)C=C[C@@]4(C)[C@H]3[C@@H](O)C[C@@]21C. The van der Waals surface area contributed by atoms with E-state index in [9.17, 15) is 24.6 Å². The van der Waals surface area contributed by atoms with Gasteiger partial charge in [0.2, 0.25) is 5.78 Å². The molecule has 0 aromatic rings. The number of carbonyl (C=O) groups is 3. The first-order valence-corrected chi connectivity index (χ1v) is 10.5. The number of aliphatic hydroxyl groups is 2. The summed E-state index contributed by atoms with van der Waals surface area (Å²) in [6.45, 7) is 4.80. The molecule has 0 aliphatic heterocycles. The van der Waals surface area contributed by atoms with Crippen LogP contribution < -0.4 is 0 Å². The molecule has 0 radical (unpaired) electrons. The van der Waals surface area contributed by atoms with E-state index in [0.717, 1.165) is 18.4 Å². The van der Waals surface area contributed by atoms with Crippen molar-refractivity contribution in [3.8, 4) is 0 Å². The maximum atomic E-state index is 12.9. The van der Waals surface area contributed by atoms with Crippen LogP contribution in [0.4, 0.5) is 0 Å². The highest BCUT2D eigenvalue weighted by molar-refractivity contribution is 6.01. The molecule has 7 atom stereocenters. The van der Waals surface area contributed by atoms with E-state index in [2.05, 4.69) is 6.92 Å². The van der Waals surface area contributed by atoms with Gasteiger partial charge in [0, 0.05) is 23.7 Å². The minimum Gasteiger partial charge on any atom is -0.458 e. The van der Waals surface area contributed by atoms with Gasteiger partial charge in [-0.25, -0.2) is 0 Å². The van der Waals surface area contributed by atoms with Crippen LogP contribution in [0, 0.1) is 28.6 Å². The molecule has 0 aromatic heterocycles. The Morgan fingerprint density at radius 2 is 2.00 bits per heavy atom. The zero-order valence-corrected chi connectivity index (χ0v) is 17.3. The lowest BCUT2D eigenvalue weighted by molar-refractivity contribution is -0.181. The van der Waals surface area contributed by atoms with E-state index in [1.54, 1.807) is 12.2 Å². The molecule has 158 valence electrons. The number of allylic oxidation sites excluding steroid dienone is 4. The average Bonchev–Trinajstić information content (AvgIpc) is 2.91. The average molecular weight is 402 g/mol. The highest BCUT2D eigenvalue weighted by Gasteiger charge is 2.68. The smallest absolute Gasteiger partial charge is 0.303 e. The largest absolute Gasteiger partial charge is 0.458 e. The second-order valence-corrected chi connectivity index (χ2v) is 9.81. The Morgan fingerprint density at radius 3 is 2.69 bits per heavy atom. The van der Waals surface area contributed by atoms with Crippen molar-refractivity contribution in [2.45, 2.75) is 64.6 Å². The van der Waals surface area contributed by atoms with Crippen molar-refractivity contribution in [1.82, 2.24) is 0 Å². The number of aliphatic hydroxyl groups excluding tert-OH is 1. The molecular weight excluding hydrogens is 372 g/mol. The van der Waals surface area contributed by atoms with Crippen molar-refractivity contribution < 1.29 is 29.3 Å². The lowest BCUT2D eigenvalue weighted by Crippen LogP contribution is -2.61. The molecule has 4 aliphatic carbocycles. The van der Waals surface area contributed by atoms with Crippen molar-refractivity contribution >= 4 is 17.5 Å².